The van der Waals surface area contributed by atoms with Crippen LogP contribution in [0.3, 0.4) is 0 Å². The van der Waals surface area contributed by atoms with Gasteiger partial charge in [0.15, 0.2) is 0 Å². The summed E-state index contributed by atoms with van der Waals surface area (Å²) in [6.07, 6.45) is 2.50. The van der Waals surface area contributed by atoms with Crippen molar-refractivity contribution in [1.82, 2.24) is 0 Å². The molecule has 0 aliphatic heterocycles. The second-order valence-electron chi connectivity index (χ2n) is 7.26. The van der Waals surface area contributed by atoms with Gasteiger partial charge in [-0.1, -0.05) is 181 Å². The SMILES string of the molecule is C.CCC.CCC.CO.CO.c1ccc2ccccc2c1.c1ccc2ccccc2c1.c1ccccc1. The van der Waals surface area contributed by atoms with Crippen molar-refractivity contribution in [3.05, 3.63) is 133 Å². The molecule has 0 radical (unpaired) electrons. The van der Waals surface area contributed by atoms with Crippen molar-refractivity contribution in [3.8, 4) is 0 Å². The lowest BCUT2D eigenvalue weighted by Gasteiger charge is -1.92. The van der Waals surface area contributed by atoms with Gasteiger partial charge in [0.2, 0.25) is 0 Å². The fourth-order valence-corrected chi connectivity index (χ4v) is 2.65. The Bertz CT molecular complexity index is 845. The van der Waals surface area contributed by atoms with Gasteiger partial charge in [0.1, 0.15) is 0 Å². The zero-order chi connectivity index (χ0) is 27.3. The minimum Gasteiger partial charge on any atom is -0.400 e. The van der Waals surface area contributed by atoms with Gasteiger partial charge in [-0.3, -0.25) is 0 Å². The maximum absolute atomic E-state index is 7.00. The Labute approximate surface area is 227 Å². The minimum atomic E-state index is 0. The number of fused-ring (bicyclic) bond motifs is 2. The fourth-order valence-electron chi connectivity index (χ4n) is 2.65. The Morgan fingerprint density at radius 2 is 0.432 bits per heavy atom. The molecule has 5 aromatic carbocycles. The molecule has 0 spiro atoms. The van der Waals surface area contributed by atoms with Crippen LogP contribution in [0, 0.1) is 0 Å². The number of hydrogen-bond acceptors (Lipinski definition) is 2. The van der Waals surface area contributed by atoms with Crippen molar-refractivity contribution in [2.75, 3.05) is 14.2 Å². The quantitative estimate of drug-likeness (QED) is 0.221. The first-order valence-electron chi connectivity index (χ1n) is 12.5. The van der Waals surface area contributed by atoms with Crippen molar-refractivity contribution in [2.45, 2.75) is 48.0 Å². The first kappa shape index (κ1) is 38.1. The van der Waals surface area contributed by atoms with E-state index in [0.29, 0.717) is 0 Å². The average molecular weight is 503 g/mol. The monoisotopic (exact) mass is 502 g/mol. The van der Waals surface area contributed by atoms with Crippen molar-refractivity contribution in [2.24, 2.45) is 0 Å². The second-order valence-corrected chi connectivity index (χ2v) is 7.26. The maximum Gasteiger partial charge on any atom is 0.0319 e. The summed E-state index contributed by atoms with van der Waals surface area (Å²) in [5, 5.41) is 19.2. The molecule has 5 rings (SSSR count). The first-order valence-corrected chi connectivity index (χ1v) is 12.5. The topological polar surface area (TPSA) is 40.5 Å². The van der Waals surface area contributed by atoms with Crippen LogP contribution in [0.15, 0.2) is 133 Å². The van der Waals surface area contributed by atoms with Crippen LogP contribution in [0.4, 0.5) is 0 Å². The van der Waals surface area contributed by atoms with Crippen LogP contribution in [0.2, 0.25) is 0 Å². The normalized spacial score (nSPS) is 8.00. The van der Waals surface area contributed by atoms with Gasteiger partial charge in [-0.05, 0) is 21.5 Å². The van der Waals surface area contributed by atoms with Gasteiger partial charge in [0, 0.05) is 14.2 Å². The molecule has 0 heterocycles. The third-order valence-electron chi connectivity index (χ3n) is 3.98. The van der Waals surface area contributed by atoms with Crippen LogP contribution < -0.4 is 0 Å². The van der Waals surface area contributed by atoms with E-state index < -0.39 is 0 Å². The molecule has 0 bridgehead atoms. The minimum absolute atomic E-state index is 0. The maximum atomic E-state index is 7.00. The van der Waals surface area contributed by atoms with E-state index in [9.17, 15) is 0 Å². The van der Waals surface area contributed by atoms with Crippen LogP contribution in [0.1, 0.15) is 48.0 Å². The molecule has 2 heteroatoms. The molecule has 202 valence electrons. The van der Waals surface area contributed by atoms with E-state index in [0.717, 1.165) is 14.2 Å². The summed E-state index contributed by atoms with van der Waals surface area (Å²) < 4.78 is 0. The number of aliphatic hydroxyl groups is 2. The summed E-state index contributed by atoms with van der Waals surface area (Å²) in [4.78, 5) is 0. The predicted octanol–water partition coefficient (Wildman–Crippen LogP) is 10.1. The molecule has 0 saturated heterocycles. The van der Waals surface area contributed by atoms with Crippen LogP contribution in [-0.2, 0) is 0 Å². The molecule has 2 nitrogen and oxygen atoms in total. The molecule has 0 unspecified atom stereocenters. The van der Waals surface area contributed by atoms with Gasteiger partial charge in [0.25, 0.3) is 0 Å². The molecule has 2 N–H and O–H groups in total. The average Bonchev–Trinajstić information content (AvgIpc) is 2.98. The third kappa shape index (κ3) is 20.4. The highest BCUT2D eigenvalue weighted by Crippen LogP contribution is 2.12. The number of aliphatic hydroxyl groups excluding tert-OH is 2. The van der Waals surface area contributed by atoms with Gasteiger partial charge in [0.05, 0.1) is 0 Å². The van der Waals surface area contributed by atoms with E-state index in [2.05, 4.69) is 125 Å². The molecule has 0 saturated carbocycles. The van der Waals surface area contributed by atoms with Gasteiger partial charge in [-0.25, -0.2) is 0 Å². The highest BCUT2D eigenvalue weighted by atomic mass is 16.2. The van der Waals surface area contributed by atoms with E-state index in [1.807, 2.05) is 36.4 Å². The van der Waals surface area contributed by atoms with Gasteiger partial charge in [-0.2, -0.15) is 0 Å². The molecule has 0 aromatic heterocycles. The third-order valence-corrected chi connectivity index (χ3v) is 3.98. The molecule has 0 aliphatic carbocycles. The first-order chi connectivity index (χ1) is 17.8. The molecule has 0 atom stereocenters. The van der Waals surface area contributed by atoms with Gasteiger partial charge < -0.3 is 10.2 Å². The molecular formula is C35H50O2. The predicted molar refractivity (Wildman–Crippen MR) is 169 cm³/mol. The molecule has 37 heavy (non-hydrogen) atoms. The summed E-state index contributed by atoms with van der Waals surface area (Å²) in [7, 11) is 2.00. The van der Waals surface area contributed by atoms with E-state index >= 15 is 0 Å². The van der Waals surface area contributed by atoms with E-state index in [1.54, 1.807) is 0 Å². The molecule has 0 amide bonds. The summed E-state index contributed by atoms with van der Waals surface area (Å²) >= 11 is 0. The Morgan fingerprint density at radius 1 is 0.324 bits per heavy atom. The van der Waals surface area contributed by atoms with Crippen molar-refractivity contribution in [3.63, 3.8) is 0 Å². The summed E-state index contributed by atoms with van der Waals surface area (Å²) in [5.41, 5.74) is 0. The lowest BCUT2D eigenvalue weighted by Crippen LogP contribution is -1.67. The number of rotatable bonds is 0. The fraction of sp³-hybridized carbons (Fsp3) is 0.257. The van der Waals surface area contributed by atoms with E-state index in [-0.39, 0.29) is 7.43 Å². The molecule has 0 aliphatic rings. The Morgan fingerprint density at radius 3 is 0.541 bits per heavy atom. The van der Waals surface area contributed by atoms with Crippen LogP contribution >= 0.6 is 0 Å². The van der Waals surface area contributed by atoms with Gasteiger partial charge >= 0.3 is 0 Å². The summed E-state index contributed by atoms with van der Waals surface area (Å²) in [6, 6.07) is 45.4. The van der Waals surface area contributed by atoms with Crippen molar-refractivity contribution in [1.29, 1.82) is 0 Å². The second kappa shape index (κ2) is 30.6. The van der Waals surface area contributed by atoms with Crippen molar-refractivity contribution < 1.29 is 10.2 Å². The summed E-state index contributed by atoms with van der Waals surface area (Å²) in [6.45, 7) is 8.50. The summed E-state index contributed by atoms with van der Waals surface area (Å²) in [5.74, 6) is 0. The highest BCUT2D eigenvalue weighted by molar-refractivity contribution is 5.82. The molecular weight excluding hydrogens is 452 g/mol. The zero-order valence-electron chi connectivity index (χ0n) is 23.0. The Hall–Kier alpha value is -3.46. The number of hydrogen-bond donors (Lipinski definition) is 2. The Kier molecular flexibility index (Phi) is 31.5. The lowest BCUT2D eigenvalue weighted by molar-refractivity contribution is 0.399. The standard InChI is InChI=1S/2C10H8.C6H6.2C3H8.2CH4O.CH4/c2*1-2-6-10-8-4-3-7-9(10)5-1;1-2-4-6-5-3-1;2*1-3-2;2*1-2;/h2*1-8H;1-6H;2*3H2,1-2H3;2*2H,1H3;1H4. The molecule has 5 aromatic rings. The highest BCUT2D eigenvalue weighted by Gasteiger charge is 1.86. The zero-order valence-corrected chi connectivity index (χ0v) is 23.0. The number of benzene rings is 5. The largest absolute Gasteiger partial charge is 0.400 e. The van der Waals surface area contributed by atoms with Crippen molar-refractivity contribution >= 4 is 21.5 Å². The van der Waals surface area contributed by atoms with Crippen LogP contribution in [-0.4, -0.2) is 24.4 Å². The lowest BCUT2D eigenvalue weighted by atomic mass is 10.1. The van der Waals surface area contributed by atoms with E-state index in [1.165, 1.54) is 34.4 Å². The smallest absolute Gasteiger partial charge is 0.0319 e. The Balaban J connectivity index is -0.000000402. The van der Waals surface area contributed by atoms with Crippen LogP contribution in [0.5, 0.6) is 0 Å². The van der Waals surface area contributed by atoms with Gasteiger partial charge in [-0.15, -0.1) is 0 Å². The van der Waals surface area contributed by atoms with E-state index in [4.69, 9.17) is 10.2 Å². The van der Waals surface area contributed by atoms with Crippen LogP contribution in [0.25, 0.3) is 21.5 Å². The molecule has 0 fully saturated rings.